The first-order chi connectivity index (χ1) is 5.83. The molecule has 12 heavy (non-hydrogen) atoms. The summed E-state index contributed by atoms with van der Waals surface area (Å²) in [6.45, 7) is 2.20. The average Bonchev–Trinajstić information content (AvgIpc) is 2.09. The van der Waals surface area contributed by atoms with E-state index in [0.29, 0.717) is 5.75 Å². The van der Waals surface area contributed by atoms with E-state index in [4.69, 9.17) is 5.11 Å². The lowest BCUT2D eigenvalue weighted by Gasteiger charge is -1.92. The van der Waals surface area contributed by atoms with Gasteiger partial charge >= 0.3 is 0 Å². The summed E-state index contributed by atoms with van der Waals surface area (Å²) in [4.78, 5) is 1.29. The van der Waals surface area contributed by atoms with Gasteiger partial charge in [0.15, 0.2) is 4.90 Å². The molecule has 66 valence electrons. The third-order valence-corrected chi connectivity index (χ3v) is 2.86. The molecule has 1 rings (SSSR count). The second-order valence-electron chi connectivity index (χ2n) is 2.75. The number of phenols is 1. The zero-order valence-electron chi connectivity index (χ0n) is 7.33. The van der Waals surface area contributed by atoms with Crippen LogP contribution in [0.5, 0.6) is 5.75 Å². The van der Waals surface area contributed by atoms with E-state index in [2.05, 4.69) is 6.92 Å². The summed E-state index contributed by atoms with van der Waals surface area (Å²) in [5.41, 5.74) is 0. The van der Waals surface area contributed by atoms with Crippen molar-refractivity contribution in [3.8, 4) is 5.75 Å². The molecule has 1 N–H and O–H groups in total. The number of unbranched alkanes of at least 4 members (excludes halogenated alkanes) is 1. The lowest BCUT2D eigenvalue weighted by Crippen LogP contribution is -1.88. The molecule has 0 aromatic heterocycles. The molecule has 0 fully saturated rings. The Morgan fingerprint density at radius 1 is 1.25 bits per heavy atom. The van der Waals surface area contributed by atoms with Crippen LogP contribution in [-0.4, -0.2) is 10.9 Å². The van der Waals surface area contributed by atoms with Crippen LogP contribution in [0.2, 0.25) is 0 Å². The maximum Gasteiger partial charge on any atom is 0.152 e. The molecule has 0 aliphatic heterocycles. The van der Waals surface area contributed by atoms with E-state index in [1.165, 1.54) is 35.3 Å². The number of thiol groups is 1. The fraction of sp³-hybridized carbons (Fsp3) is 0.400. The van der Waals surface area contributed by atoms with Crippen molar-refractivity contribution in [2.45, 2.75) is 24.7 Å². The molecule has 2 heteroatoms. The van der Waals surface area contributed by atoms with Crippen molar-refractivity contribution in [2.75, 3.05) is 5.75 Å². The molecule has 0 heterocycles. The van der Waals surface area contributed by atoms with Crippen LogP contribution in [0.1, 0.15) is 19.8 Å². The van der Waals surface area contributed by atoms with Gasteiger partial charge in [-0.2, -0.15) is 0 Å². The van der Waals surface area contributed by atoms with Crippen molar-refractivity contribution in [2.24, 2.45) is 0 Å². The Morgan fingerprint density at radius 2 is 1.92 bits per heavy atom. The summed E-state index contributed by atoms with van der Waals surface area (Å²) in [5.74, 6) is 1.57. The SMILES string of the molecule is CCCC[SH+]c1ccc(O)cc1. The lowest BCUT2D eigenvalue weighted by atomic mass is 10.3. The van der Waals surface area contributed by atoms with Crippen molar-refractivity contribution in [1.82, 2.24) is 0 Å². The van der Waals surface area contributed by atoms with Crippen LogP contribution in [0.15, 0.2) is 29.2 Å². The van der Waals surface area contributed by atoms with Crippen molar-refractivity contribution >= 4 is 11.8 Å². The number of phenolic OH excluding ortho intramolecular Hbond substituents is 1. The predicted molar refractivity (Wildman–Crippen MR) is 54.9 cm³/mol. The zero-order valence-corrected chi connectivity index (χ0v) is 8.22. The molecule has 0 amide bonds. The van der Waals surface area contributed by atoms with E-state index in [-0.39, 0.29) is 0 Å². The Morgan fingerprint density at radius 3 is 2.50 bits per heavy atom. The molecule has 0 bridgehead atoms. The molecule has 0 spiro atoms. The first kappa shape index (κ1) is 9.46. The van der Waals surface area contributed by atoms with Crippen LogP contribution in [0, 0.1) is 0 Å². The molecule has 0 aliphatic carbocycles. The summed E-state index contributed by atoms with van der Waals surface area (Å²) in [5, 5.41) is 9.03. The molecule has 0 saturated heterocycles. The van der Waals surface area contributed by atoms with Gasteiger partial charge in [0.2, 0.25) is 0 Å². The number of benzene rings is 1. The maximum atomic E-state index is 9.03. The van der Waals surface area contributed by atoms with E-state index in [1.807, 2.05) is 12.1 Å². The van der Waals surface area contributed by atoms with Crippen molar-refractivity contribution < 1.29 is 5.11 Å². The van der Waals surface area contributed by atoms with E-state index in [0.717, 1.165) is 0 Å². The van der Waals surface area contributed by atoms with Crippen molar-refractivity contribution in [1.29, 1.82) is 0 Å². The van der Waals surface area contributed by atoms with Gasteiger partial charge in [0.25, 0.3) is 0 Å². The van der Waals surface area contributed by atoms with Crippen LogP contribution >= 0.6 is 0 Å². The van der Waals surface area contributed by atoms with Crippen LogP contribution in [0.25, 0.3) is 0 Å². The molecule has 0 unspecified atom stereocenters. The summed E-state index contributed by atoms with van der Waals surface area (Å²) in [6.07, 6.45) is 2.54. The molecule has 1 aromatic carbocycles. The highest BCUT2D eigenvalue weighted by atomic mass is 32.2. The molecular formula is C10H15OS+. The number of aromatic hydroxyl groups is 1. The predicted octanol–water partition coefficient (Wildman–Crippen LogP) is 2.37. The molecular weight excluding hydrogens is 168 g/mol. The fourth-order valence-corrected chi connectivity index (χ4v) is 2.02. The normalized spacial score (nSPS) is 10.1. The highest BCUT2D eigenvalue weighted by Gasteiger charge is 2.00. The van der Waals surface area contributed by atoms with Crippen LogP contribution < -0.4 is 0 Å². The minimum atomic E-state index is 0.351. The number of hydrogen-bond acceptors (Lipinski definition) is 1. The smallest absolute Gasteiger partial charge is 0.152 e. The number of hydrogen-bond donors (Lipinski definition) is 1. The highest BCUT2D eigenvalue weighted by molar-refractivity contribution is 7.78. The maximum absolute atomic E-state index is 9.03. The second-order valence-corrected chi connectivity index (χ2v) is 4.03. The standard InChI is InChI=1S/C10H14OS/c1-2-3-8-12-10-6-4-9(11)5-7-10/h4-7,11H,2-3,8H2,1H3/p+1. The Kier molecular flexibility index (Phi) is 4.01. The monoisotopic (exact) mass is 183 g/mol. The third-order valence-electron chi connectivity index (χ3n) is 1.66. The van der Waals surface area contributed by atoms with Gasteiger partial charge in [-0.05, 0) is 30.7 Å². The summed E-state index contributed by atoms with van der Waals surface area (Å²) in [6, 6.07) is 7.45. The summed E-state index contributed by atoms with van der Waals surface area (Å²) < 4.78 is 0. The van der Waals surface area contributed by atoms with E-state index < -0.39 is 0 Å². The van der Waals surface area contributed by atoms with E-state index in [9.17, 15) is 0 Å². The Hall–Kier alpha value is -0.630. The molecule has 0 atom stereocenters. The Bertz CT molecular complexity index is 218. The van der Waals surface area contributed by atoms with Crippen LogP contribution in [-0.2, 0) is 11.8 Å². The highest BCUT2D eigenvalue weighted by Crippen LogP contribution is 2.11. The van der Waals surface area contributed by atoms with E-state index >= 15 is 0 Å². The minimum absolute atomic E-state index is 0.351. The average molecular weight is 183 g/mol. The Labute approximate surface area is 77.8 Å². The topological polar surface area (TPSA) is 20.2 Å². The fourth-order valence-electron chi connectivity index (χ4n) is 0.924. The van der Waals surface area contributed by atoms with Gasteiger partial charge in [-0.15, -0.1) is 0 Å². The van der Waals surface area contributed by atoms with Crippen LogP contribution in [0.4, 0.5) is 0 Å². The van der Waals surface area contributed by atoms with E-state index in [1.54, 1.807) is 12.1 Å². The van der Waals surface area contributed by atoms with Crippen molar-refractivity contribution in [3.05, 3.63) is 24.3 Å². The molecule has 1 nitrogen and oxygen atoms in total. The van der Waals surface area contributed by atoms with Gasteiger partial charge in [0.1, 0.15) is 11.5 Å². The van der Waals surface area contributed by atoms with Crippen molar-refractivity contribution in [3.63, 3.8) is 0 Å². The quantitative estimate of drug-likeness (QED) is 0.431. The summed E-state index contributed by atoms with van der Waals surface area (Å²) >= 11 is 1.37. The third kappa shape index (κ3) is 3.18. The van der Waals surface area contributed by atoms with Gasteiger partial charge in [-0.1, -0.05) is 13.3 Å². The molecule has 0 aliphatic rings. The van der Waals surface area contributed by atoms with Gasteiger partial charge in [-0.3, -0.25) is 0 Å². The Balaban J connectivity index is 2.37. The van der Waals surface area contributed by atoms with Gasteiger partial charge < -0.3 is 5.11 Å². The zero-order chi connectivity index (χ0) is 8.81. The summed E-state index contributed by atoms with van der Waals surface area (Å²) in [7, 11) is 0. The lowest BCUT2D eigenvalue weighted by molar-refractivity contribution is 0.475. The van der Waals surface area contributed by atoms with Gasteiger partial charge in [0.05, 0.1) is 0 Å². The van der Waals surface area contributed by atoms with Gasteiger partial charge in [0, 0.05) is 11.8 Å². The first-order valence-electron chi connectivity index (χ1n) is 4.29. The molecule has 1 aromatic rings. The molecule has 0 radical (unpaired) electrons. The van der Waals surface area contributed by atoms with Gasteiger partial charge in [-0.25, -0.2) is 0 Å². The largest absolute Gasteiger partial charge is 0.508 e. The first-order valence-corrected chi connectivity index (χ1v) is 5.37. The number of rotatable bonds is 4. The van der Waals surface area contributed by atoms with Crippen LogP contribution in [0.3, 0.4) is 0 Å². The molecule has 0 saturated carbocycles. The minimum Gasteiger partial charge on any atom is -0.508 e. The second kappa shape index (κ2) is 5.09.